The Morgan fingerprint density at radius 3 is 1.17 bits per heavy atom. The molecule has 36 heteroatoms. The number of hydrogen-bond donors (Lipinski definition) is 22. The second-order valence-corrected chi connectivity index (χ2v) is 36.6. The number of nitrogens with two attached hydrogens (primary N) is 5. The predicted octanol–water partition coefficient (Wildman–Crippen LogP) is 7.79. The van der Waals surface area contributed by atoms with Gasteiger partial charge in [0.15, 0.2) is 46.8 Å². The van der Waals surface area contributed by atoms with Crippen LogP contribution in [0.5, 0.6) is 0 Å². The SMILES string of the molecule is N=C(N)NCCC[C@H](CC(=O)[C@H](CCCCNC(=O)CCC(=O)N1Cc2ccccc2C#Cc2ccccc21)NC(=O)[C@H](CCCNC(=N)N)CC(=O)[C@H](CCCNC(=N)N)NC(=O)CN)C(=O)NCC(=O)C[C@@H](Cc1c[nH]c2ccccc12)C(=O)N[C@@H](Cc1c[nH]c2ccccc12)C(=O)C[C@@H](Cc1c[nH]c2ccccc12)C(=O)N[C@@H](Cc1c[nH]c2ccccc12)C(=O)C[C@@H](Cc1c[nH]c2ccccc12)C(N)=O. The number of Topliss-reactive ketones (excluding diaryl/α,β-unsaturated/α-hetero) is 5. The number of unbranched alkanes of at least 4 members (excludes halogenated alkanes) is 1. The van der Waals surface area contributed by atoms with Gasteiger partial charge in [-0.2, -0.15) is 0 Å². The van der Waals surface area contributed by atoms with Crippen LogP contribution in [-0.4, -0.2) is 182 Å². The van der Waals surface area contributed by atoms with Gasteiger partial charge in [0.2, 0.25) is 47.3 Å². The Morgan fingerprint density at radius 1 is 0.343 bits per heavy atom. The number of H-pyrrole nitrogens is 5. The van der Waals surface area contributed by atoms with Crippen LogP contribution < -0.4 is 81.4 Å². The molecule has 27 N–H and O–H groups in total. The van der Waals surface area contributed by atoms with Crippen LogP contribution in [0.2, 0.25) is 0 Å². The normalized spacial score (nSPS) is 13.5. The summed E-state index contributed by atoms with van der Waals surface area (Å²) >= 11 is 0. The monoisotopic (exact) mass is 1940 g/mol. The molecule has 143 heavy (non-hydrogen) atoms. The molecule has 8 amide bonds. The Morgan fingerprint density at radius 2 is 0.699 bits per heavy atom. The summed E-state index contributed by atoms with van der Waals surface area (Å²) in [4.78, 5) is 211. The topological polar surface area (TPSA) is 614 Å². The summed E-state index contributed by atoms with van der Waals surface area (Å²) in [6.07, 6.45) is 6.73. The van der Waals surface area contributed by atoms with Crippen molar-refractivity contribution in [1.29, 1.82) is 16.2 Å². The molecule has 1 aliphatic heterocycles. The van der Waals surface area contributed by atoms with Crippen LogP contribution in [-0.2, 0) is 101 Å². The largest absolute Gasteiger partial charge is 0.370 e. The highest BCUT2D eigenvalue weighted by Crippen LogP contribution is 2.33. The van der Waals surface area contributed by atoms with Crippen molar-refractivity contribution in [2.75, 3.05) is 44.2 Å². The van der Waals surface area contributed by atoms with Crippen molar-refractivity contribution in [2.24, 2.45) is 58.3 Å². The van der Waals surface area contributed by atoms with E-state index in [9.17, 15) is 24.0 Å². The zero-order valence-electron chi connectivity index (χ0n) is 79.7. The number of nitrogens with zero attached hydrogens (tertiary/aromatic N) is 1. The number of hydrogen-bond acceptors (Lipinski definition) is 17. The number of rotatable bonds is 56. The summed E-state index contributed by atoms with van der Waals surface area (Å²) in [5.41, 5.74) is 38.8. The fourth-order valence-corrected chi connectivity index (χ4v) is 18.7. The molecule has 9 atom stereocenters. The van der Waals surface area contributed by atoms with Crippen LogP contribution >= 0.6 is 0 Å². The average Bonchev–Trinajstić information content (AvgIpc) is 1.79. The number of aromatic nitrogens is 5. The summed E-state index contributed by atoms with van der Waals surface area (Å²) in [7, 11) is 0. The van der Waals surface area contributed by atoms with Gasteiger partial charge >= 0.3 is 0 Å². The van der Waals surface area contributed by atoms with E-state index < -0.39 is 163 Å². The van der Waals surface area contributed by atoms with Crippen molar-refractivity contribution in [3.05, 3.63) is 245 Å². The standard InChI is InChI=1S/C107H125N23O13/c108-56-98(137)126-88(36-19-45-119-107(114)115)93(132)53-67(24-18-44-118-106(112)113)102(141)127-89(35-15-16-42-116-97(136)40-41-99(138)130-63-68-22-2-1-20-64(68)38-39-65-21-3-14-37-92(65)130)94(133)52-66(23-17-43-117-105(110)111)101(140)125-62-77(131)49-70(47-73-58-121-84-31-10-5-26-79(73)84)103(142)128-91(51-76-61-124-87-34-13-8-29-82(76)87)96(135)55-71(48-74-59-122-85-32-11-6-27-80(74)85)104(143)129-90(50-75-60-123-86-33-12-7-28-81(75)86)95(134)54-69(100(109)139)46-72-57-120-83-30-9-4-25-78(72)83/h1-14,20-22,25-34,37,57-61,66-67,69-71,88-91,120-124H,15-19,23-24,35-36,40-56,62-63,108H2,(H2,109,139)(H,116,136)(H,125,140)(H,126,137)(H,127,141)(H,128,142)(H,129,143)(H4,110,111,117)(H4,112,113,118)(H4,114,115,119)/t66-,67-,69-,70-,71-,88+,89+,90+,91+/m1/s1. The molecule has 7 aromatic carbocycles. The van der Waals surface area contributed by atoms with E-state index in [1.807, 2.05) is 164 Å². The highest BCUT2D eigenvalue weighted by Gasteiger charge is 2.38. The first-order chi connectivity index (χ1) is 69.1. The summed E-state index contributed by atoms with van der Waals surface area (Å²) < 4.78 is 0. The Hall–Kier alpha value is -16.3. The third kappa shape index (κ3) is 29.4. The van der Waals surface area contributed by atoms with Gasteiger partial charge in [-0.15, -0.1) is 0 Å². The number of para-hydroxylation sites is 6. The molecular weight excluding hydrogens is 1820 g/mol. The lowest BCUT2D eigenvalue weighted by molar-refractivity contribution is -0.135. The van der Waals surface area contributed by atoms with Gasteiger partial charge in [-0.1, -0.05) is 133 Å². The maximum absolute atomic E-state index is 16.1. The second kappa shape index (κ2) is 51.0. The first kappa shape index (κ1) is 104. The molecule has 36 nitrogen and oxygen atoms in total. The molecule has 746 valence electrons. The van der Waals surface area contributed by atoms with Gasteiger partial charge in [-0.3, -0.25) is 78.6 Å². The molecule has 0 radical (unpaired) electrons. The second-order valence-electron chi connectivity index (χ2n) is 36.6. The number of fused-ring (bicyclic) bond motifs is 7. The zero-order valence-corrected chi connectivity index (χ0v) is 79.7. The van der Waals surface area contributed by atoms with Gasteiger partial charge < -0.3 is 106 Å². The Bertz CT molecular complexity index is 6710. The molecule has 0 unspecified atom stereocenters. The quantitative estimate of drug-likeness (QED) is 0.00748. The highest BCUT2D eigenvalue weighted by molar-refractivity contribution is 6.02. The van der Waals surface area contributed by atoms with Crippen LogP contribution in [0.4, 0.5) is 5.69 Å². The fourth-order valence-electron chi connectivity index (χ4n) is 18.7. The third-order valence-electron chi connectivity index (χ3n) is 26.3. The van der Waals surface area contributed by atoms with Gasteiger partial charge in [0, 0.05) is 210 Å². The fraction of sp³-hybridized carbons (Fsp3) is 0.346. The Labute approximate surface area is 826 Å². The summed E-state index contributed by atoms with van der Waals surface area (Å²) in [5, 5.41) is 52.6. The summed E-state index contributed by atoms with van der Waals surface area (Å²) in [6.45, 7) is -0.549. The zero-order chi connectivity index (χ0) is 101. The van der Waals surface area contributed by atoms with Crippen molar-refractivity contribution in [3.8, 4) is 11.8 Å². The minimum Gasteiger partial charge on any atom is -0.370 e. The average molecular weight is 1940 g/mol. The lowest BCUT2D eigenvalue weighted by atomic mass is 9.87. The van der Waals surface area contributed by atoms with Crippen LogP contribution in [0.3, 0.4) is 0 Å². The maximum atomic E-state index is 16.1. The minimum atomic E-state index is -1.40. The number of benzene rings is 7. The molecule has 0 saturated carbocycles. The highest BCUT2D eigenvalue weighted by atomic mass is 16.2. The van der Waals surface area contributed by atoms with Crippen LogP contribution in [0.1, 0.15) is 147 Å². The van der Waals surface area contributed by atoms with E-state index in [0.29, 0.717) is 33.5 Å². The number of carbonyl (C=O) groups is 13. The van der Waals surface area contributed by atoms with Crippen molar-refractivity contribution >= 4 is 154 Å². The first-order valence-corrected chi connectivity index (χ1v) is 48.4. The van der Waals surface area contributed by atoms with E-state index in [2.05, 4.69) is 84.6 Å². The number of anilines is 1. The van der Waals surface area contributed by atoms with Gasteiger partial charge in [0.05, 0.1) is 49.5 Å². The summed E-state index contributed by atoms with van der Waals surface area (Å²) in [6, 6.07) is 46.8. The number of nitrogens with one attached hydrogen (secondary N) is 17. The molecule has 5 aromatic heterocycles. The third-order valence-corrected chi connectivity index (χ3v) is 26.3. The van der Waals surface area contributed by atoms with Gasteiger partial charge in [-0.05, 0) is 159 Å². The number of aromatic amines is 5. The van der Waals surface area contributed by atoms with Gasteiger partial charge in [0.25, 0.3) is 0 Å². The number of ketones is 5. The lowest BCUT2D eigenvalue weighted by Crippen LogP contribution is -2.49. The van der Waals surface area contributed by atoms with Gasteiger partial charge in [-0.25, -0.2) is 0 Å². The van der Waals surface area contributed by atoms with E-state index in [4.69, 9.17) is 44.9 Å². The number of guanidine groups is 3. The van der Waals surface area contributed by atoms with Crippen molar-refractivity contribution in [2.45, 2.75) is 166 Å². The van der Waals surface area contributed by atoms with E-state index in [1.54, 1.807) is 42.0 Å². The summed E-state index contributed by atoms with van der Waals surface area (Å²) in [5.74, 6) is -8.59. The van der Waals surface area contributed by atoms with E-state index in [-0.39, 0.29) is 166 Å². The lowest BCUT2D eigenvalue weighted by Gasteiger charge is -2.26. The van der Waals surface area contributed by atoms with Crippen molar-refractivity contribution in [3.63, 3.8) is 0 Å². The van der Waals surface area contributed by atoms with Crippen molar-refractivity contribution < 1.29 is 62.3 Å². The molecule has 0 aliphatic carbocycles. The van der Waals surface area contributed by atoms with E-state index >= 15 is 38.4 Å². The molecule has 0 spiro atoms. The van der Waals surface area contributed by atoms with E-state index in [0.717, 1.165) is 71.2 Å². The van der Waals surface area contributed by atoms with Crippen LogP contribution in [0.25, 0.3) is 54.5 Å². The Kier molecular flexibility index (Phi) is 37.1. The molecule has 6 heterocycles. The number of amides is 8. The first-order valence-electron chi connectivity index (χ1n) is 48.4. The maximum Gasteiger partial charge on any atom is 0.234 e. The number of primary amides is 1. The molecule has 1 aliphatic rings. The Balaban J connectivity index is 0.753. The number of carbonyl (C=O) groups excluding carboxylic acids is 13. The molecule has 13 rings (SSSR count). The molecule has 0 bridgehead atoms. The minimum absolute atomic E-state index is 0.00868. The van der Waals surface area contributed by atoms with Crippen LogP contribution in [0, 0.1) is 57.7 Å². The van der Waals surface area contributed by atoms with Crippen molar-refractivity contribution in [1.82, 2.24) is 72.8 Å². The van der Waals surface area contributed by atoms with Gasteiger partial charge in [0.1, 0.15) is 0 Å². The molecule has 0 fully saturated rings. The van der Waals surface area contributed by atoms with Crippen LogP contribution in [0.15, 0.2) is 201 Å². The molecular formula is C107H125N23O13. The van der Waals surface area contributed by atoms with E-state index in [1.165, 1.54) is 0 Å². The predicted molar refractivity (Wildman–Crippen MR) is 548 cm³/mol. The molecule has 0 saturated heterocycles. The smallest absolute Gasteiger partial charge is 0.234 e. The molecule has 12 aromatic rings.